The van der Waals surface area contributed by atoms with Crippen LogP contribution in [0.5, 0.6) is 11.5 Å². The van der Waals surface area contributed by atoms with Crippen LogP contribution in [-0.4, -0.2) is 18.3 Å². The minimum Gasteiger partial charge on any atom is -0.493 e. The topological polar surface area (TPSA) is 68.9 Å². The fraction of sp³-hybridized carbons (Fsp3) is 0.450. The summed E-state index contributed by atoms with van der Waals surface area (Å²) in [5, 5.41) is 8.89. The maximum Gasteiger partial charge on any atom is 0.227 e. The summed E-state index contributed by atoms with van der Waals surface area (Å²) in [6, 6.07) is 9.41. The van der Waals surface area contributed by atoms with Crippen molar-refractivity contribution in [3.63, 3.8) is 0 Å². The molecule has 0 bridgehead atoms. The maximum absolute atomic E-state index is 11.7. The SMILES string of the molecule is CCCc1ccccc1OCCCCCOc1coc(CO)cc1=O. The van der Waals surface area contributed by atoms with Crippen LogP contribution in [0.2, 0.25) is 0 Å². The Balaban J connectivity index is 1.63. The first-order valence-corrected chi connectivity index (χ1v) is 8.80. The van der Waals surface area contributed by atoms with Crippen LogP contribution in [0, 0.1) is 0 Å². The van der Waals surface area contributed by atoms with Gasteiger partial charge in [-0.15, -0.1) is 0 Å². The van der Waals surface area contributed by atoms with Crippen LogP contribution in [-0.2, 0) is 13.0 Å². The third-order valence-corrected chi connectivity index (χ3v) is 3.80. The maximum atomic E-state index is 11.7. The fourth-order valence-electron chi connectivity index (χ4n) is 2.49. The van der Waals surface area contributed by atoms with E-state index in [4.69, 9.17) is 19.0 Å². The standard InChI is InChI=1S/C20H26O5/c1-2-8-16-9-4-5-10-19(16)23-11-6-3-7-12-24-20-15-25-17(14-21)13-18(20)22/h4-5,9-10,13,15,21H,2-3,6-8,11-12,14H2,1H3. The molecule has 0 aliphatic rings. The van der Waals surface area contributed by atoms with Gasteiger partial charge in [0.2, 0.25) is 11.2 Å². The van der Waals surface area contributed by atoms with Gasteiger partial charge in [0, 0.05) is 6.07 Å². The molecular formula is C20H26O5. The first-order chi connectivity index (χ1) is 12.2. The van der Waals surface area contributed by atoms with Crippen molar-refractivity contribution < 1.29 is 19.0 Å². The quantitative estimate of drug-likeness (QED) is 0.628. The number of aliphatic hydroxyl groups is 1. The Morgan fingerprint density at radius 1 is 1.04 bits per heavy atom. The number of benzene rings is 1. The van der Waals surface area contributed by atoms with E-state index in [1.54, 1.807) is 0 Å². The number of para-hydroxylation sites is 1. The molecule has 0 atom stereocenters. The van der Waals surface area contributed by atoms with E-state index in [0.717, 1.165) is 37.9 Å². The van der Waals surface area contributed by atoms with E-state index in [1.807, 2.05) is 18.2 Å². The van der Waals surface area contributed by atoms with Gasteiger partial charge < -0.3 is 19.0 Å². The molecule has 1 aromatic carbocycles. The Kier molecular flexibility index (Phi) is 8.05. The zero-order valence-corrected chi connectivity index (χ0v) is 14.7. The van der Waals surface area contributed by atoms with Crippen LogP contribution in [0.1, 0.15) is 43.9 Å². The van der Waals surface area contributed by atoms with Crippen molar-refractivity contribution in [1.29, 1.82) is 0 Å². The Bertz CT molecular complexity index is 692. The number of rotatable bonds is 11. The highest BCUT2D eigenvalue weighted by atomic mass is 16.5. The largest absolute Gasteiger partial charge is 0.493 e. The van der Waals surface area contributed by atoms with E-state index >= 15 is 0 Å². The van der Waals surface area contributed by atoms with Crippen LogP contribution < -0.4 is 14.9 Å². The third kappa shape index (κ3) is 6.27. The summed E-state index contributed by atoms with van der Waals surface area (Å²) in [5.41, 5.74) is 0.984. The lowest BCUT2D eigenvalue weighted by atomic mass is 10.1. The lowest BCUT2D eigenvalue weighted by Crippen LogP contribution is -2.09. The lowest BCUT2D eigenvalue weighted by molar-refractivity contribution is 0.235. The Morgan fingerprint density at radius 3 is 2.44 bits per heavy atom. The van der Waals surface area contributed by atoms with Crippen molar-refractivity contribution in [2.24, 2.45) is 0 Å². The van der Waals surface area contributed by atoms with E-state index in [1.165, 1.54) is 17.9 Å². The molecule has 0 fully saturated rings. The molecule has 0 radical (unpaired) electrons. The molecule has 0 amide bonds. The molecule has 0 spiro atoms. The smallest absolute Gasteiger partial charge is 0.227 e. The van der Waals surface area contributed by atoms with Crippen molar-refractivity contribution in [3.05, 3.63) is 58.1 Å². The number of hydrogen-bond acceptors (Lipinski definition) is 5. The average Bonchev–Trinajstić information content (AvgIpc) is 2.63. The summed E-state index contributed by atoms with van der Waals surface area (Å²) in [4.78, 5) is 11.7. The molecule has 0 saturated carbocycles. The second kappa shape index (κ2) is 10.6. The van der Waals surface area contributed by atoms with Gasteiger partial charge in [-0.2, -0.15) is 0 Å². The van der Waals surface area contributed by atoms with Crippen molar-refractivity contribution >= 4 is 0 Å². The molecule has 0 aliphatic heterocycles. The summed E-state index contributed by atoms with van der Waals surface area (Å²) in [7, 11) is 0. The van der Waals surface area contributed by atoms with Gasteiger partial charge in [-0.25, -0.2) is 0 Å². The zero-order chi connectivity index (χ0) is 17.9. The molecule has 0 saturated heterocycles. The van der Waals surface area contributed by atoms with Crippen LogP contribution in [0.4, 0.5) is 0 Å². The molecule has 2 rings (SSSR count). The molecule has 5 nitrogen and oxygen atoms in total. The van der Waals surface area contributed by atoms with Gasteiger partial charge in [0.1, 0.15) is 24.4 Å². The molecule has 1 N–H and O–H groups in total. The molecule has 136 valence electrons. The van der Waals surface area contributed by atoms with Gasteiger partial charge in [-0.3, -0.25) is 4.79 Å². The van der Waals surface area contributed by atoms with Crippen LogP contribution in [0.15, 0.2) is 45.8 Å². The molecule has 0 unspecified atom stereocenters. The summed E-state index contributed by atoms with van der Waals surface area (Å²) < 4.78 is 16.4. The average molecular weight is 346 g/mol. The fourth-order valence-corrected chi connectivity index (χ4v) is 2.49. The highest BCUT2D eigenvalue weighted by Gasteiger charge is 2.04. The monoisotopic (exact) mass is 346 g/mol. The number of aliphatic hydroxyl groups excluding tert-OH is 1. The van der Waals surface area contributed by atoms with Crippen LogP contribution >= 0.6 is 0 Å². The van der Waals surface area contributed by atoms with E-state index < -0.39 is 0 Å². The minimum absolute atomic E-state index is 0.182. The predicted octanol–water partition coefficient (Wildman–Crippen LogP) is 3.71. The van der Waals surface area contributed by atoms with Crippen LogP contribution in [0.3, 0.4) is 0 Å². The summed E-state index contributed by atoms with van der Waals surface area (Å²) in [5.74, 6) is 1.39. The number of unbranched alkanes of at least 4 members (excludes halogenated alkanes) is 2. The van der Waals surface area contributed by atoms with E-state index in [2.05, 4.69) is 13.0 Å². The number of ether oxygens (including phenoxy) is 2. The highest BCUT2D eigenvalue weighted by Crippen LogP contribution is 2.19. The van der Waals surface area contributed by atoms with Gasteiger partial charge in [0.25, 0.3) is 0 Å². The molecule has 2 aromatic rings. The van der Waals surface area contributed by atoms with Crippen molar-refractivity contribution in [2.75, 3.05) is 13.2 Å². The third-order valence-electron chi connectivity index (χ3n) is 3.80. The van der Waals surface area contributed by atoms with Crippen molar-refractivity contribution in [2.45, 2.75) is 45.6 Å². The number of hydrogen-bond donors (Lipinski definition) is 1. The molecular weight excluding hydrogens is 320 g/mol. The Labute approximate surface area is 148 Å². The minimum atomic E-state index is -0.295. The molecule has 5 heteroatoms. The first-order valence-electron chi connectivity index (χ1n) is 8.80. The predicted molar refractivity (Wildman–Crippen MR) is 96.2 cm³/mol. The Hall–Kier alpha value is -2.27. The normalized spacial score (nSPS) is 10.6. The first kappa shape index (κ1) is 19.1. The highest BCUT2D eigenvalue weighted by molar-refractivity contribution is 5.33. The summed E-state index contributed by atoms with van der Waals surface area (Å²) in [6.07, 6.45) is 6.10. The van der Waals surface area contributed by atoms with Gasteiger partial charge >= 0.3 is 0 Å². The number of aryl methyl sites for hydroxylation is 1. The second-order valence-electron chi connectivity index (χ2n) is 5.85. The van der Waals surface area contributed by atoms with E-state index in [0.29, 0.717) is 13.2 Å². The summed E-state index contributed by atoms with van der Waals surface area (Å²) >= 11 is 0. The van der Waals surface area contributed by atoms with E-state index in [9.17, 15) is 4.79 Å². The molecule has 1 aromatic heterocycles. The molecule has 25 heavy (non-hydrogen) atoms. The second-order valence-corrected chi connectivity index (χ2v) is 5.85. The molecule has 0 aliphatic carbocycles. The van der Waals surface area contributed by atoms with Crippen molar-refractivity contribution in [3.8, 4) is 11.5 Å². The lowest BCUT2D eigenvalue weighted by Gasteiger charge is -2.11. The van der Waals surface area contributed by atoms with Gasteiger partial charge in [0.05, 0.1) is 13.2 Å². The van der Waals surface area contributed by atoms with Crippen molar-refractivity contribution in [1.82, 2.24) is 0 Å². The summed E-state index contributed by atoms with van der Waals surface area (Å²) in [6.45, 7) is 3.00. The van der Waals surface area contributed by atoms with Gasteiger partial charge in [-0.1, -0.05) is 31.5 Å². The van der Waals surface area contributed by atoms with Crippen LogP contribution in [0.25, 0.3) is 0 Å². The zero-order valence-electron chi connectivity index (χ0n) is 14.7. The molecule has 1 heterocycles. The van der Waals surface area contributed by atoms with Gasteiger partial charge in [0.15, 0.2) is 0 Å². The Morgan fingerprint density at radius 2 is 1.76 bits per heavy atom. The van der Waals surface area contributed by atoms with Gasteiger partial charge in [-0.05, 0) is 37.3 Å². The van der Waals surface area contributed by atoms with E-state index in [-0.39, 0.29) is 23.5 Å².